The fourth-order valence-corrected chi connectivity index (χ4v) is 3.42. The van der Waals surface area contributed by atoms with E-state index in [0.29, 0.717) is 0 Å². The molecule has 1 aliphatic carbocycles. The van der Waals surface area contributed by atoms with Gasteiger partial charge in [-0.05, 0) is 42.7 Å². The van der Waals surface area contributed by atoms with E-state index < -0.39 is 0 Å². The van der Waals surface area contributed by atoms with Gasteiger partial charge in [0.25, 0.3) is 0 Å². The zero-order chi connectivity index (χ0) is 11.8. The maximum Gasteiger partial charge on any atom is 0.0715 e. The Morgan fingerprint density at radius 1 is 1.47 bits per heavy atom. The van der Waals surface area contributed by atoms with Gasteiger partial charge in [-0.25, -0.2) is 0 Å². The molecule has 1 aliphatic rings. The van der Waals surface area contributed by atoms with Crippen LogP contribution in [0.2, 0.25) is 0 Å². The van der Waals surface area contributed by atoms with Crippen molar-refractivity contribution in [3.05, 3.63) is 29.5 Å². The lowest BCUT2D eigenvalue weighted by Gasteiger charge is -2.21. The van der Waals surface area contributed by atoms with Crippen LogP contribution in [0.5, 0.6) is 0 Å². The first-order chi connectivity index (χ1) is 8.35. The van der Waals surface area contributed by atoms with Crippen LogP contribution >= 0.6 is 11.8 Å². The molecule has 1 heterocycles. The van der Waals surface area contributed by atoms with E-state index in [-0.39, 0.29) is 5.92 Å². The van der Waals surface area contributed by atoms with Gasteiger partial charge in [-0.1, -0.05) is 6.07 Å². The molecule has 0 saturated heterocycles. The summed E-state index contributed by atoms with van der Waals surface area (Å²) >= 11 is 1.77. The number of nitrogens with one attached hydrogen (secondary N) is 1. The highest BCUT2D eigenvalue weighted by Gasteiger charge is 2.22. The van der Waals surface area contributed by atoms with Crippen molar-refractivity contribution in [1.82, 2.24) is 4.98 Å². The van der Waals surface area contributed by atoms with E-state index in [2.05, 4.69) is 35.6 Å². The minimum Gasteiger partial charge on any atom is -0.360 e. The van der Waals surface area contributed by atoms with Crippen LogP contribution in [0.1, 0.15) is 29.9 Å². The predicted molar refractivity (Wildman–Crippen MR) is 71.4 cm³/mol. The fourth-order valence-electron chi connectivity index (χ4n) is 2.81. The second-order valence-electron chi connectivity index (χ2n) is 4.49. The van der Waals surface area contributed by atoms with Crippen LogP contribution in [0.3, 0.4) is 0 Å². The molecule has 0 saturated carbocycles. The summed E-state index contributed by atoms with van der Waals surface area (Å²) in [6, 6.07) is 6.68. The molecule has 0 aliphatic heterocycles. The van der Waals surface area contributed by atoms with E-state index >= 15 is 0 Å². The third-order valence-electron chi connectivity index (χ3n) is 3.63. The molecule has 2 aromatic rings. The summed E-state index contributed by atoms with van der Waals surface area (Å²) in [5, 5.41) is 10.6. The molecule has 1 unspecified atom stereocenters. The van der Waals surface area contributed by atoms with Gasteiger partial charge < -0.3 is 4.98 Å². The molecule has 1 aromatic heterocycles. The number of hydrogen-bond acceptors (Lipinski definition) is 2. The molecule has 0 bridgehead atoms. The number of rotatable bonds is 1. The number of benzene rings is 1. The molecule has 86 valence electrons. The van der Waals surface area contributed by atoms with E-state index in [4.69, 9.17) is 0 Å². The molecule has 2 nitrogen and oxygen atoms in total. The van der Waals surface area contributed by atoms with Gasteiger partial charge in [0.1, 0.15) is 0 Å². The average molecular weight is 242 g/mol. The Bertz CT molecular complexity index is 606. The van der Waals surface area contributed by atoms with Crippen molar-refractivity contribution in [3.8, 4) is 6.07 Å². The molecule has 3 rings (SSSR count). The van der Waals surface area contributed by atoms with Gasteiger partial charge in [0, 0.05) is 22.0 Å². The Labute approximate surface area is 105 Å². The Balaban J connectivity index is 2.31. The zero-order valence-corrected chi connectivity index (χ0v) is 10.6. The van der Waals surface area contributed by atoms with Gasteiger partial charge in [-0.2, -0.15) is 5.26 Å². The lowest BCUT2D eigenvalue weighted by atomic mass is 9.82. The molecule has 0 radical (unpaired) electrons. The number of nitriles is 1. The van der Waals surface area contributed by atoms with E-state index in [9.17, 15) is 5.26 Å². The second-order valence-corrected chi connectivity index (χ2v) is 5.33. The zero-order valence-electron chi connectivity index (χ0n) is 9.79. The van der Waals surface area contributed by atoms with Crippen molar-refractivity contribution in [2.75, 3.05) is 6.26 Å². The highest BCUT2D eigenvalue weighted by molar-refractivity contribution is 7.98. The van der Waals surface area contributed by atoms with Crippen molar-refractivity contribution in [2.45, 2.75) is 30.1 Å². The van der Waals surface area contributed by atoms with Crippen molar-refractivity contribution >= 4 is 22.7 Å². The molecular formula is C14H14N2S. The summed E-state index contributed by atoms with van der Waals surface area (Å²) in [7, 11) is 0. The van der Waals surface area contributed by atoms with E-state index in [1.54, 1.807) is 11.8 Å². The Morgan fingerprint density at radius 3 is 3.12 bits per heavy atom. The van der Waals surface area contributed by atoms with Crippen LogP contribution in [0.25, 0.3) is 10.9 Å². The number of thioether (sulfide) groups is 1. The minimum atomic E-state index is 0.0905. The first-order valence-electron chi connectivity index (χ1n) is 5.91. The van der Waals surface area contributed by atoms with Crippen LogP contribution < -0.4 is 0 Å². The summed E-state index contributed by atoms with van der Waals surface area (Å²) in [5.41, 5.74) is 3.85. The topological polar surface area (TPSA) is 39.6 Å². The first kappa shape index (κ1) is 10.7. The fraction of sp³-hybridized carbons (Fsp3) is 0.357. The first-order valence-corrected chi connectivity index (χ1v) is 7.14. The second kappa shape index (κ2) is 4.12. The van der Waals surface area contributed by atoms with E-state index in [0.717, 1.165) is 19.3 Å². The highest BCUT2D eigenvalue weighted by Crippen LogP contribution is 2.38. The van der Waals surface area contributed by atoms with Gasteiger partial charge in [-0.3, -0.25) is 0 Å². The molecule has 3 heteroatoms. The van der Waals surface area contributed by atoms with Gasteiger partial charge in [-0.15, -0.1) is 11.8 Å². The molecule has 0 amide bonds. The standard InChI is InChI=1S/C14H14N2S/c1-17-13-8-16-12-6-5-10-9(7-15)3-2-4-11(10)14(12)13/h5-6,8-9,16H,2-4H2,1H3. The third kappa shape index (κ3) is 1.56. The SMILES string of the molecule is CSc1c[nH]c2ccc3c(c12)CCCC3C#N. The summed E-state index contributed by atoms with van der Waals surface area (Å²) in [6.07, 6.45) is 7.42. The lowest BCUT2D eigenvalue weighted by Crippen LogP contribution is -2.08. The number of aryl methyl sites for hydroxylation is 1. The molecule has 17 heavy (non-hydrogen) atoms. The molecule has 1 atom stereocenters. The predicted octanol–water partition coefficient (Wildman–Crippen LogP) is 3.83. The number of aromatic nitrogens is 1. The smallest absolute Gasteiger partial charge is 0.0715 e. The van der Waals surface area contributed by atoms with Crippen LogP contribution in [0.4, 0.5) is 0 Å². The van der Waals surface area contributed by atoms with Crippen LogP contribution in [-0.4, -0.2) is 11.2 Å². The quantitative estimate of drug-likeness (QED) is 0.772. The van der Waals surface area contributed by atoms with E-state index in [1.807, 2.05) is 0 Å². The largest absolute Gasteiger partial charge is 0.360 e. The monoisotopic (exact) mass is 242 g/mol. The summed E-state index contributed by atoms with van der Waals surface area (Å²) < 4.78 is 0. The van der Waals surface area contributed by atoms with Crippen LogP contribution in [0, 0.1) is 11.3 Å². The Hall–Kier alpha value is -1.40. The van der Waals surface area contributed by atoms with Crippen molar-refractivity contribution in [3.63, 3.8) is 0 Å². The van der Waals surface area contributed by atoms with Crippen LogP contribution in [0.15, 0.2) is 23.2 Å². The molecule has 0 spiro atoms. The molecule has 1 N–H and O–H groups in total. The minimum absolute atomic E-state index is 0.0905. The number of hydrogen-bond donors (Lipinski definition) is 1. The van der Waals surface area contributed by atoms with Crippen LogP contribution in [-0.2, 0) is 6.42 Å². The highest BCUT2D eigenvalue weighted by atomic mass is 32.2. The number of nitrogens with zero attached hydrogens (tertiary/aromatic N) is 1. The summed E-state index contributed by atoms with van der Waals surface area (Å²) in [5.74, 6) is 0.0905. The number of aromatic amines is 1. The molecule has 0 fully saturated rings. The van der Waals surface area contributed by atoms with Crippen molar-refractivity contribution in [2.24, 2.45) is 0 Å². The summed E-state index contributed by atoms with van der Waals surface area (Å²) in [6.45, 7) is 0. The van der Waals surface area contributed by atoms with Crippen molar-refractivity contribution < 1.29 is 0 Å². The van der Waals surface area contributed by atoms with Gasteiger partial charge in [0.2, 0.25) is 0 Å². The average Bonchev–Trinajstić information content (AvgIpc) is 2.81. The van der Waals surface area contributed by atoms with E-state index in [1.165, 1.54) is 26.9 Å². The normalized spacial score (nSPS) is 18.9. The Morgan fingerprint density at radius 2 is 2.35 bits per heavy atom. The van der Waals surface area contributed by atoms with Gasteiger partial charge >= 0.3 is 0 Å². The maximum absolute atomic E-state index is 9.22. The van der Waals surface area contributed by atoms with Crippen molar-refractivity contribution in [1.29, 1.82) is 5.26 Å². The Kier molecular flexibility index (Phi) is 2.60. The van der Waals surface area contributed by atoms with Gasteiger partial charge in [0.15, 0.2) is 0 Å². The lowest BCUT2D eigenvalue weighted by molar-refractivity contribution is 0.640. The van der Waals surface area contributed by atoms with Gasteiger partial charge in [0.05, 0.1) is 12.0 Å². The third-order valence-corrected chi connectivity index (χ3v) is 4.39. The number of H-pyrrole nitrogens is 1. The summed E-state index contributed by atoms with van der Waals surface area (Å²) in [4.78, 5) is 4.62. The molecular weight excluding hydrogens is 228 g/mol. The molecule has 1 aromatic carbocycles. The maximum atomic E-state index is 9.22. The number of fused-ring (bicyclic) bond motifs is 3.